The first kappa shape index (κ1) is 13.8. The molecule has 0 aromatic carbocycles. The Labute approximate surface area is 104 Å². The molecule has 2 fully saturated rings. The summed E-state index contributed by atoms with van der Waals surface area (Å²) in [5, 5.41) is 6.49. The van der Waals surface area contributed by atoms with Crippen LogP contribution in [-0.2, 0) is 4.79 Å². The SMILES string of the molecule is CCC1CCCC1NC(=O)[C@H]1CCNC1.Cl. The Bertz CT molecular complexity index is 229. The molecular weight excluding hydrogens is 224 g/mol. The number of amides is 1. The number of hydrogen-bond acceptors (Lipinski definition) is 2. The molecular formula is C12H23ClN2O. The normalized spacial score (nSPS) is 33.4. The van der Waals surface area contributed by atoms with Crippen LogP contribution in [0, 0.1) is 11.8 Å². The molecule has 1 heterocycles. The van der Waals surface area contributed by atoms with Gasteiger partial charge in [-0.3, -0.25) is 4.79 Å². The second-order valence-electron chi connectivity index (χ2n) is 4.90. The van der Waals surface area contributed by atoms with Gasteiger partial charge < -0.3 is 10.6 Å². The Balaban J connectivity index is 0.00000128. The van der Waals surface area contributed by atoms with Gasteiger partial charge in [0.05, 0.1) is 5.92 Å². The zero-order valence-corrected chi connectivity index (χ0v) is 10.8. The highest BCUT2D eigenvalue weighted by molar-refractivity contribution is 5.85. The fourth-order valence-electron chi connectivity index (χ4n) is 2.89. The van der Waals surface area contributed by atoms with Gasteiger partial charge in [0.15, 0.2) is 0 Å². The summed E-state index contributed by atoms with van der Waals surface area (Å²) >= 11 is 0. The Morgan fingerprint density at radius 2 is 2.19 bits per heavy atom. The Kier molecular flexibility index (Phi) is 5.56. The van der Waals surface area contributed by atoms with Crippen molar-refractivity contribution >= 4 is 18.3 Å². The molecule has 16 heavy (non-hydrogen) atoms. The van der Waals surface area contributed by atoms with Crippen molar-refractivity contribution in [3.05, 3.63) is 0 Å². The van der Waals surface area contributed by atoms with Crippen molar-refractivity contribution in [2.75, 3.05) is 13.1 Å². The van der Waals surface area contributed by atoms with Crippen LogP contribution in [0.3, 0.4) is 0 Å². The number of nitrogens with one attached hydrogen (secondary N) is 2. The van der Waals surface area contributed by atoms with Crippen LogP contribution in [-0.4, -0.2) is 25.0 Å². The molecule has 94 valence electrons. The highest BCUT2D eigenvalue weighted by Gasteiger charge is 2.30. The first-order valence-corrected chi connectivity index (χ1v) is 6.32. The van der Waals surface area contributed by atoms with Gasteiger partial charge in [-0.1, -0.05) is 19.8 Å². The molecule has 2 N–H and O–H groups in total. The molecule has 1 saturated heterocycles. The first-order chi connectivity index (χ1) is 7.31. The summed E-state index contributed by atoms with van der Waals surface area (Å²) in [5.41, 5.74) is 0. The maximum atomic E-state index is 11.9. The summed E-state index contributed by atoms with van der Waals surface area (Å²) in [5.74, 6) is 1.23. The van der Waals surface area contributed by atoms with Crippen LogP contribution < -0.4 is 10.6 Å². The fraction of sp³-hybridized carbons (Fsp3) is 0.917. The van der Waals surface area contributed by atoms with Gasteiger partial charge in [0.1, 0.15) is 0 Å². The lowest BCUT2D eigenvalue weighted by Gasteiger charge is -2.21. The van der Waals surface area contributed by atoms with E-state index in [9.17, 15) is 4.79 Å². The van der Waals surface area contributed by atoms with Crippen molar-refractivity contribution in [1.82, 2.24) is 10.6 Å². The van der Waals surface area contributed by atoms with Crippen molar-refractivity contribution in [1.29, 1.82) is 0 Å². The van der Waals surface area contributed by atoms with Crippen LogP contribution in [0.4, 0.5) is 0 Å². The predicted molar refractivity (Wildman–Crippen MR) is 67.8 cm³/mol. The van der Waals surface area contributed by atoms with E-state index in [1.165, 1.54) is 25.7 Å². The second kappa shape index (κ2) is 6.45. The molecule has 0 aromatic rings. The lowest BCUT2D eigenvalue weighted by atomic mass is 9.99. The quantitative estimate of drug-likeness (QED) is 0.796. The van der Waals surface area contributed by atoms with Crippen LogP contribution in [0.1, 0.15) is 39.0 Å². The fourth-order valence-corrected chi connectivity index (χ4v) is 2.89. The minimum absolute atomic E-state index is 0. The van der Waals surface area contributed by atoms with Gasteiger partial charge in [0.2, 0.25) is 5.91 Å². The van der Waals surface area contributed by atoms with Gasteiger partial charge in [-0.2, -0.15) is 0 Å². The molecule has 3 nitrogen and oxygen atoms in total. The van der Waals surface area contributed by atoms with Gasteiger partial charge in [0, 0.05) is 12.6 Å². The standard InChI is InChI=1S/C12H22N2O.ClH/c1-2-9-4-3-5-11(9)14-12(15)10-6-7-13-8-10;/h9-11,13H,2-8H2,1H3,(H,14,15);1H/t9?,10-,11?;/m0./s1. The lowest BCUT2D eigenvalue weighted by molar-refractivity contribution is -0.125. The summed E-state index contributed by atoms with van der Waals surface area (Å²) in [7, 11) is 0. The molecule has 4 heteroatoms. The minimum atomic E-state index is 0. The van der Waals surface area contributed by atoms with Crippen LogP contribution >= 0.6 is 12.4 Å². The summed E-state index contributed by atoms with van der Waals surface area (Å²) in [4.78, 5) is 11.9. The highest BCUT2D eigenvalue weighted by atomic mass is 35.5. The van der Waals surface area contributed by atoms with Crippen molar-refractivity contribution in [3.8, 4) is 0 Å². The van der Waals surface area contributed by atoms with Crippen molar-refractivity contribution in [2.24, 2.45) is 11.8 Å². The van der Waals surface area contributed by atoms with E-state index in [0.29, 0.717) is 6.04 Å². The highest BCUT2D eigenvalue weighted by Crippen LogP contribution is 2.28. The van der Waals surface area contributed by atoms with Crippen LogP contribution in [0.15, 0.2) is 0 Å². The van der Waals surface area contributed by atoms with E-state index in [1.807, 2.05) is 0 Å². The Morgan fingerprint density at radius 3 is 2.81 bits per heavy atom. The molecule has 2 rings (SSSR count). The number of carbonyl (C=O) groups is 1. The van der Waals surface area contributed by atoms with E-state index < -0.39 is 0 Å². The van der Waals surface area contributed by atoms with Crippen molar-refractivity contribution in [2.45, 2.75) is 45.1 Å². The summed E-state index contributed by atoms with van der Waals surface area (Å²) in [6.07, 6.45) is 5.98. The largest absolute Gasteiger partial charge is 0.353 e. The summed E-state index contributed by atoms with van der Waals surface area (Å²) in [6, 6.07) is 0.461. The number of hydrogen-bond donors (Lipinski definition) is 2. The van der Waals surface area contributed by atoms with E-state index in [1.54, 1.807) is 0 Å². The average molecular weight is 247 g/mol. The van der Waals surface area contributed by atoms with Gasteiger partial charge in [-0.05, 0) is 31.7 Å². The van der Waals surface area contributed by atoms with Crippen LogP contribution in [0.5, 0.6) is 0 Å². The molecule has 2 unspecified atom stereocenters. The number of carbonyl (C=O) groups excluding carboxylic acids is 1. The van der Waals surface area contributed by atoms with E-state index in [0.717, 1.165) is 25.4 Å². The third kappa shape index (κ3) is 3.11. The van der Waals surface area contributed by atoms with Crippen molar-refractivity contribution in [3.63, 3.8) is 0 Å². The molecule has 1 aliphatic heterocycles. The molecule has 0 spiro atoms. The third-order valence-electron chi connectivity index (χ3n) is 3.94. The predicted octanol–water partition coefficient (Wildman–Crippen LogP) is 1.71. The van der Waals surface area contributed by atoms with Crippen molar-refractivity contribution < 1.29 is 4.79 Å². The molecule has 0 aromatic heterocycles. The molecule has 1 aliphatic carbocycles. The Hall–Kier alpha value is -0.280. The summed E-state index contributed by atoms with van der Waals surface area (Å²) in [6.45, 7) is 4.10. The molecule has 1 amide bonds. The maximum Gasteiger partial charge on any atom is 0.224 e. The third-order valence-corrected chi connectivity index (χ3v) is 3.94. The minimum Gasteiger partial charge on any atom is -0.353 e. The second-order valence-corrected chi connectivity index (χ2v) is 4.90. The molecule has 1 saturated carbocycles. The zero-order chi connectivity index (χ0) is 10.7. The lowest BCUT2D eigenvalue weighted by Crippen LogP contribution is -2.41. The Morgan fingerprint density at radius 1 is 1.38 bits per heavy atom. The molecule has 2 aliphatic rings. The van der Waals surface area contributed by atoms with Crippen LogP contribution in [0.2, 0.25) is 0 Å². The average Bonchev–Trinajstić information content (AvgIpc) is 2.87. The van der Waals surface area contributed by atoms with Gasteiger partial charge in [0.25, 0.3) is 0 Å². The van der Waals surface area contributed by atoms with Crippen LogP contribution in [0.25, 0.3) is 0 Å². The van der Waals surface area contributed by atoms with E-state index in [-0.39, 0.29) is 24.2 Å². The topological polar surface area (TPSA) is 41.1 Å². The smallest absolute Gasteiger partial charge is 0.224 e. The molecule has 0 bridgehead atoms. The van der Waals surface area contributed by atoms with Gasteiger partial charge in [-0.15, -0.1) is 12.4 Å². The molecule has 0 radical (unpaired) electrons. The van der Waals surface area contributed by atoms with Gasteiger partial charge >= 0.3 is 0 Å². The molecule has 3 atom stereocenters. The first-order valence-electron chi connectivity index (χ1n) is 6.32. The maximum absolute atomic E-state index is 11.9. The van der Waals surface area contributed by atoms with Gasteiger partial charge in [-0.25, -0.2) is 0 Å². The van der Waals surface area contributed by atoms with E-state index in [4.69, 9.17) is 0 Å². The van der Waals surface area contributed by atoms with E-state index >= 15 is 0 Å². The number of halogens is 1. The zero-order valence-electron chi connectivity index (χ0n) is 10.00. The number of rotatable bonds is 3. The monoisotopic (exact) mass is 246 g/mol. The van der Waals surface area contributed by atoms with E-state index in [2.05, 4.69) is 17.6 Å². The summed E-state index contributed by atoms with van der Waals surface area (Å²) < 4.78 is 0.